The molecule has 2 rings (SSSR count). The Hall–Kier alpha value is -0.680. The highest BCUT2D eigenvalue weighted by Gasteiger charge is 2.18. The summed E-state index contributed by atoms with van der Waals surface area (Å²) in [6.07, 6.45) is 4.20. The molecular weight excluding hydrogens is 186 g/mol. The van der Waals surface area contributed by atoms with Gasteiger partial charge in [0.25, 0.3) is 0 Å². The standard InChI is InChI=1S/C8H13N3OS/c1-11-4-2-7(3-5-11)12-8-6-9-13-10-8/h6-7H,2-5H2,1H3. The van der Waals surface area contributed by atoms with Crippen LogP contribution in [0.1, 0.15) is 12.8 Å². The van der Waals surface area contributed by atoms with Crippen LogP contribution in [0.5, 0.6) is 5.88 Å². The first-order valence-electron chi connectivity index (χ1n) is 4.47. The van der Waals surface area contributed by atoms with Gasteiger partial charge in [0.05, 0.1) is 11.7 Å². The molecule has 0 bridgehead atoms. The Kier molecular flexibility index (Phi) is 2.75. The molecule has 0 aliphatic carbocycles. The second-order valence-electron chi connectivity index (χ2n) is 3.37. The SMILES string of the molecule is CN1CCC(Oc2cnsn2)CC1. The Morgan fingerprint density at radius 2 is 2.31 bits per heavy atom. The van der Waals surface area contributed by atoms with Gasteiger partial charge < -0.3 is 9.64 Å². The lowest BCUT2D eigenvalue weighted by atomic mass is 10.1. The van der Waals surface area contributed by atoms with Crippen LogP contribution in [0.2, 0.25) is 0 Å². The molecule has 0 aromatic carbocycles. The molecule has 0 N–H and O–H groups in total. The van der Waals surface area contributed by atoms with Crippen LogP contribution in [0, 0.1) is 0 Å². The van der Waals surface area contributed by atoms with E-state index in [4.69, 9.17) is 4.74 Å². The fourth-order valence-corrected chi connectivity index (χ4v) is 1.84. The fourth-order valence-electron chi connectivity index (χ4n) is 1.48. The molecule has 72 valence electrons. The zero-order valence-electron chi connectivity index (χ0n) is 7.64. The molecule has 1 aliphatic heterocycles. The van der Waals surface area contributed by atoms with Crippen molar-refractivity contribution in [3.8, 4) is 5.88 Å². The monoisotopic (exact) mass is 199 g/mol. The molecule has 0 atom stereocenters. The van der Waals surface area contributed by atoms with Crippen molar-refractivity contribution in [3.63, 3.8) is 0 Å². The van der Waals surface area contributed by atoms with Crippen molar-refractivity contribution < 1.29 is 4.74 Å². The summed E-state index contributed by atoms with van der Waals surface area (Å²) < 4.78 is 13.6. The van der Waals surface area contributed by atoms with Gasteiger partial charge in [0.1, 0.15) is 12.3 Å². The summed E-state index contributed by atoms with van der Waals surface area (Å²) in [4.78, 5) is 2.32. The van der Waals surface area contributed by atoms with Crippen molar-refractivity contribution in [2.24, 2.45) is 0 Å². The van der Waals surface area contributed by atoms with Crippen LogP contribution in [0.25, 0.3) is 0 Å². The van der Waals surface area contributed by atoms with E-state index in [0.29, 0.717) is 12.0 Å². The first kappa shape index (κ1) is 8.90. The van der Waals surface area contributed by atoms with Gasteiger partial charge in [-0.15, -0.1) is 4.37 Å². The van der Waals surface area contributed by atoms with E-state index in [1.54, 1.807) is 6.20 Å². The largest absolute Gasteiger partial charge is 0.473 e. The van der Waals surface area contributed by atoms with Gasteiger partial charge in [0.2, 0.25) is 5.88 Å². The average molecular weight is 199 g/mol. The number of nitrogens with zero attached hydrogens (tertiary/aromatic N) is 3. The van der Waals surface area contributed by atoms with Crippen LogP contribution in [-0.2, 0) is 0 Å². The van der Waals surface area contributed by atoms with Crippen molar-refractivity contribution in [2.45, 2.75) is 18.9 Å². The van der Waals surface area contributed by atoms with E-state index < -0.39 is 0 Å². The van der Waals surface area contributed by atoms with Crippen LogP contribution in [0.4, 0.5) is 0 Å². The number of likely N-dealkylation sites (tertiary alicyclic amines) is 1. The van der Waals surface area contributed by atoms with E-state index in [2.05, 4.69) is 20.7 Å². The summed E-state index contributed by atoms with van der Waals surface area (Å²) in [5.74, 6) is 0.680. The van der Waals surface area contributed by atoms with Crippen molar-refractivity contribution in [2.75, 3.05) is 20.1 Å². The van der Waals surface area contributed by atoms with E-state index in [0.717, 1.165) is 25.9 Å². The summed E-state index contributed by atoms with van der Waals surface area (Å²) in [7, 11) is 2.14. The number of hydrogen-bond donors (Lipinski definition) is 0. The third-order valence-corrected chi connectivity index (χ3v) is 2.76. The Bertz CT molecular complexity index is 244. The normalized spacial score (nSPS) is 20.4. The van der Waals surface area contributed by atoms with Gasteiger partial charge in [0.15, 0.2) is 0 Å². The fraction of sp³-hybridized carbons (Fsp3) is 0.750. The van der Waals surface area contributed by atoms with E-state index in [1.165, 1.54) is 11.7 Å². The molecule has 0 amide bonds. The van der Waals surface area contributed by atoms with Gasteiger partial charge in [-0.2, -0.15) is 4.37 Å². The first-order chi connectivity index (χ1) is 6.34. The highest BCUT2D eigenvalue weighted by atomic mass is 32.1. The van der Waals surface area contributed by atoms with Crippen LogP contribution < -0.4 is 4.74 Å². The molecule has 5 heteroatoms. The summed E-state index contributed by atoms with van der Waals surface area (Å²) in [5.41, 5.74) is 0. The molecule has 1 aromatic heterocycles. The summed E-state index contributed by atoms with van der Waals surface area (Å²) in [5, 5.41) is 0. The predicted molar refractivity (Wildman–Crippen MR) is 51.1 cm³/mol. The number of ether oxygens (including phenoxy) is 1. The van der Waals surface area contributed by atoms with Gasteiger partial charge in [-0.25, -0.2) is 0 Å². The van der Waals surface area contributed by atoms with Gasteiger partial charge in [-0.1, -0.05) is 0 Å². The molecule has 0 radical (unpaired) electrons. The smallest absolute Gasteiger partial charge is 0.245 e. The summed E-state index contributed by atoms with van der Waals surface area (Å²) >= 11 is 1.19. The van der Waals surface area contributed by atoms with Gasteiger partial charge in [-0.05, 0) is 19.9 Å². The molecule has 0 unspecified atom stereocenters. The maximum Gasteiger partial charge on any atom is 0.245 e. The minimum absolute atomic E-state index is 0.333. The topological polar surface area (TPSA) is 38.2 Å². The zero-order chi connectivity index (χ0) is 9.10. The second-order valence-corrected chi connectivity index (χ2v) is 3.92. The molecule has 0 saturated carbocycles. The highest BCUT2D eigenvalue weighted by molar-refractivity contribution is 6.99. The molecule has 1 saturated heterocycles. The number of piperidine rings is 1. The maximum absolute atomic E-state index is 5.65. The predicted octanol–water partition coefficient (Wildman–Crippen LogP) is 1.01. The number of hydrogen-bond acceptors (Lipinski definition) is 5. The van der Waals surface area contributed by atoms with Crippen molar-refractivity contribution in [1.82, 2.24) is 13.6 Å². The van der Waals surface area contributed by atoms with E-state index in [-0.39, 0.29) is 0 Å². The number of rotatable bonds is 2. The van der Waals surface area contributed by atoms with Gasteiger partial charge >= 0.3 is 0 Å². The van der Waals surface area contributed by atoms with Crippen LogP contribution in [-0.4, -0.2) is 39.9 Å². The van der Waals surface area contributed by atoms with E-state index in [1.807, 2.05) is 0 Å². The third-order valence-electron chi connectivity index (χ3n) is 2.29. The molecular formula is C8H13N3OS. The second kappa shape index (κ2) is 4.02. The van der Waals surface area contributed by atoms with Crippen molar-refractivity contribution in [1.29, 1.82) is 0 Å². The molecule has 1 aromatic rings. The third kappa shape index (κ3) is 2.38. The lowest BCUT2D eigenvalue weighted by Gasteiger charge is -2.28. The van der Waals surface area contributed by atoms with E-state index in [9.17, 15) is 0 Å². The van der Waals surface area contributed by atoms with Crippen LogP contribution in [0.3, 0.4) is 0 Å². The minimum Gasteiger partial charge on any atom is -0.473 e. The van der Waals surface area contributed by atoms with E-state index >= 15 is 0 Å². The van der Waals surface area contributed by atoms with Crippen LogP contribution >= 0.6 is 11.7 Å². The van der Waals surface area contributed by atoms with Crippen molar-refractivity contribution in [3.05, 3.63) is 6.20 Å². The Labute approximate surface area is 81.9 Å². The molecule has 13 heavy (non-hydrogen) atoms. The zero-order valence-corrected chi connectivity index (χ0v) is 8.46. The molecule has 4 nitrogen and oxygen atoms in total. The molecule has 0 spiro atoms. The lowest BCUT2D eigenvalue weighted by molar-refractivity contribution is 0.111. The average Bonchev–Trinajstić information content (AvgIpc) is 2.62. The highest BCUT2D eigenvalue weighted by Crippen LogP contribution is 2.16. The Morgan fingerprint density at radius 3 is 2.92 bits per heavy atom. The van der Waals surface area contributed by atoms with Crippen LogP contribution in [0.15, 0.2) is 6.20 Å². The summed E-state index contributed by atoms with van der Waals surface area (Å²) in [6, 6.07) is 0. The molecule has 1 fully saturated rings. The number of aromatic nitrogens is 2. The summed E-state index contributed by atoms with van der Waals surface area (Å²) in [6.45, 7) is 2.23. The molecule has 2 heterocycles. The quantitative estimate of drug-likeness (QED) is 0.712. The Balaban J connectivity index is 1.83. The Morgan fingerprint density at radius 1 is 1.54 bits per heavy atom. The minimum atomic E-state index is 0.333. The molecule has 1 aliphatic rings. The lowest BCUT2D eigenvalue weighted by Crippen LogP contribution is -2.35. The van der Waals surface area contributed by atoms with Gasteiger partial charge in [-0.3, -0.25) is 0 Å². The van der Waals surface area contributed by atoms with Gasteiger partial charge in [0, 0.05) is 13.1 Å². The maximum atomic E-state index is 5.65. The first-order valence-corrected chi connectivity index (χ1v) is 5.20. The van der Waals surface area contributed by atoms with Crippen molar-refractivity contribution >= 4 is 11.7 Å².